The topological polar surface area (TPSA) is 93.8 Å². The van der Waals surface area contributed by atoms with Gasteiger partial charge in [-0.15, -0.1) is 0 Å². The molecule has 28 heavy (non-hydrogen) atoms. The Morgan fingerprint density at radius 1 is 1.07 bits per heavy atom. The Morgan fingerprint density at radius 3 is 2.36 bits per heavy atom. The minimum atomic E-state index is -0.548. The van der Waals surface area contributed by atoms with Crippen molar-refractivity contribution >= 4 is 34.9 Å². The molecule has 7 heteroatoms. The number of ether oxygens (including phenoxy) is 1. The number of halogens is 1. The highest BCUT2D eigenvalue weighted by Crippen LogP contribution is 2.16. The quantitative estimate of drug-likeness (QED) is 0.550. The monoisotopic (exact) mass is 399 g/mol. The van der Waals surface area contributed by atoms with E-state index >= 15 is 0 Å². The highest BCUT2D eigenvalue weighted by atomic mass is 35.5. The molecule has 0 aliphatic rings. The second kappa shape index (κ2) is 10.3. The van der Waals surface area contributed by atoms with Crippen molar-refractivity contribution < 1.29 is 14.3 Å². The van der Waals surface area contributed by atoms with E-state index in [0.717, 1.165) is 5.69 Å². The lowest BCUT2D eigenvalue weighted by Gasteiger charge is -2.12. The lowest BCUT2D eigenvalue weighted by Crippen LogP contribution is -2.32. The third kappa shape index (κ3) is 6.55. The van der Waals surface area contributed by atoms with E-state index < -0.39 is 18.5 Å². The Morgan fingerprint density at radius 2 is 1.71 bits per heavy atom. The number of carbonyl (C=O) groups excluding carboxylic acids is 2. The maximum absolute atomic E-state index is 12.2. The molecule has 0 spiro atoms. The van der Waals surface area contributed by atoms with Crippen LogP contribution in [-0.2, 0) is 20.7 Å². The summed E-state index contributed by atoms with van der Waals surface area (Å²) in [7, 11) is 0. The first-order valence-corrected chi connectivity index (χ1v) is 9.00. The molecule has 0 heterocycles. The van der Waals surface area contributed by atoms with Gasteiger partial charge in [0.15, 0.2) is 6.61 Å². The maximum Gasteiger partial charge on any atom is 0.310 e. The summed E-state index contributed by atoms with van der Waals surface area (Å²) in [4.78, 5) is 28.6. The maximum atomic E-state index is 12.2. The van der Waals surface area contributed by atoms with Gasteiger partial charge in [0.05, 0.1) is 23.5 Å². The Balaban J connectivity index is 1.94. The lowest BCUT2D eigenvalue weighted by atomic mass is 10.1. The smallest absolute Gasteiger partial charge is 0.310 e. The molecular weight excluding hydrogens is 378 g/mol. The van der Waals surface area contributed by atoms with Gasteiger partial charge < -0.3 is 15.8 Å². The van der Waals surface area contributed by atoms with Gasteiger partial charge in [0.1, 0.15) is 0 Å². The number of rotatable bonds is 7. The van der Waals surface area contributed by atoms with Crippen LogP contribution in [0.5, 0.6) is 0 Å². The third-order valence-electron chi connectivity index (χ3n) is 3.73. The molecule has 0 radical (unpaired) electrons. The average molecular weight is 400 g/mol. The minimum Gasteiger partial charge on any atom is -0.455 e. The van der Waals surface area contributed by atoms with Crippen LogP contribution in [0.15, 0.2) is 71.0 Å². The molecule has 146 valence electrons. The Kier molecular flexibility index (Phi) is 7.77. The molecule has 2 aromatic carbocycles. The molecule has 0 saturated carbocycles. The van der Waals surface area contributed by atoms with Crippen LogP contribution in [-0.4, -0.2) is 24.2 Å². The number of hydrogen-bond donors (Lipinski definition) is 2. The molecule has 6 nitrogen and oxygen atoms in total. The van der Waals surface area contributed by atoms with E-state index in [9.17, 15) is 9.59 Å². The summed E-state index contributed by atoms with van der Waals surface area (Å²) < 4.78 is 5.03. The van der Waals surface area contributed by atoms with Crippen LogP contribution in [0.25, 0.3) is 0 Å². The highest BCUT2D eigenvalue weighted by molar-refractivity contribution is 6.31. The normalized spacial score (nSPS) is 12.2. The number of carbonyl (C=O) groups is 2. The van der Waals surface area contributed by atoms with E-state index in [2.05, 4.69) is 10.3 Å². The number of nitrogens with one attached hydrogen (secondary N) is 1. The van der Waals surface area contributed by atoms with E-state index in [-0.39, 0.29) is 6.42 Å². The summed E-state index contributed by atoms with van der Waals surface area (Å²) in [6.07, 6.45) is -0.0138. The van der Waals surface area contributed by atoms with Crippen LogP contribution in [0.3, 0.4) is 0 Å². The lowest BCUT2D eigenvalue weighted by molar-refractivity contribution is -0.147. The van der Waals surface area contributed by atoms with Crippen molar-refractivity contribution in [2.24, 2.45) is 10.7 Å². The Hall–Kier alpha value is -3.12. The SMILES string of the molecule is CC(=Nc1ccccc1)C(NC(=O)COC(=O)Cc1ccccc1Cl)=C(C)N. The van der Waals surface area contributed by atoms with E-state index in [1.165, 1.54) is 0 Å². The first kappa shape index (κ1) is 21.2. The van der Waals surface area contributed by atoms with Gasteiger partial charge >= 0.3 is 5.97 Å². The predicted octanol–water partition coefficient (Wildman–Crippen LogP) is 3.52. The largest absolute Gasteiger partial charge is 0.455 e. The van der Waals surface area contributed by atoms with Crippen LogP contribution >= 0.6 is 11.6 Å². The van der Waals surface area contributed by atoms with E-state index in [1.54, 1.807) is 38.1 Å². The van der Waals surface area contributed by atoms with Gasteiger partial charge in [-0.3, -0.25) is 14.6 Å². The number of hydrogen-bond acceptors (Lipinski definition) is 5. The number of amides is 1. The first-order valence-electron chi connectivity index (χ1n) is 8.62. The molecule has 0 saturated heterocycles. The second-order valence-corrected chi connectivity index (χ2v) is 6.48. The van der Waals surface area contributed by atoms with E-state index in [0.29, 0.717) is 27.7 Å². The highest BCUT2D eigenvalue weighted by Gasteiger charge is 2.14. The summed E-state index contributed by atoms with van der Waals surface area (Å²) in [5.74, 6) is -1.05. The number of nitrogens with two attached hydrogens (primary N) is 1. The number of nitrogens with zero attached hydrogens (tertiary/aromatic N) is 1. The molecule has 0 aliphatic heterocycles. The van der Waals surface area contributed by atoms with Gasteiger partial charge in [0.2, 0.25) is 0 Å². The standard InChI is InChI=1S/C21H22ClN3O3/c1-14(23)21(15(2)24-17-9-4-3-5-10-17)25-19(26)13-28-20(27)12-16-8-6-7-11-18(16)22/h3-11H,12-13,23H2,1-2H3,(H,25,26). The van der Waals surface area contributed by atoms with Gasteiger partial charge in [0.25, 0.3) is 5.91 Å². The van der Waals surface area contributed by atoms with E-state index in [4.69, 9.17) is 22.1 Å². The van der Waals surface area contributed by atoms with Crippen LogP contribution in [0.4, 0.5) is 5.69 Å². The fourth-order valence-electron chi connectivity index (χ4n) is 2.40. The second-order valence-electron chi connectivity index (χ2n) is 6.07. The molecule has 0 fully saturated rings. The zero-order valence-electron chi connectivity index (χ0n) is 15.7. The van der Waals surface area contributed by atoms with Crippen molar-refractivity contribution in [3.63, 3.8) is 0 Å². The van der Waals surface area contributed by atoms with Crippen molar-refractivity contribution in [1.82, 2.24) is 5.32 Å². The molecule has 0 aliphatic carbocycles. The minimum absolute atomic E-state index is 0.0138. The van der Waals surface area contributed by atoms with Crippen LogP contribution in [0, 0.1) is 0 Å². The summed E-state index contributed by atoms with van der Waals surface area (Å²) in [5.41, 5.74) is 8.57. The summed E-state index contributed by atoms with van der Waals surface area (Å²) in [6.45, 7) is 2.96. The van der Waals surface area contributed by atoms with E-state index in [1.807, 2.05) is 30.3 Å². The molecule has 2 rings (SSSR count). The van der Waals surface area contributed by atoms with Crippen molar-refractivity contribution in [2.45, 2.75) is 20.3 Å². The van der Waals surface area contributed by atoms with Gasteiger partial charge in [-0.25, -0.2) is 0 Å². The number of aliphatic imine (C=N–C) groups is 1. The fourth-order valence-corrected chi connectivity index (χ4v) is 2.60. The predicted molar refractivity (Wildman–Crippen MR) is 110 cm³/mol. The van der Waals surface area contributed by atoms with Crippen molar-refractivity contribution in [1.29, 1.82) is 0 Å². The summed E-state index contributed by atoms with van der Waals surface area (Å²) in [5, 5.41) is 3.12. The number of para-hydroxylation sites is 1. The molecule has 2 aromatic rings. The van der Waals surface area contributed by atoms with Gasteiger partial charge in [-0.1, -0.05) is 48.0 Å². The zero-order valence-corrected chi connectivity index (χ0v) is 16.5. The zero-order chi connectivity index (χ0) is 20.5. The molecule has 0 atom stereocenters. The molecule has 1 amide bonds. The van der Waals surface area contributed by atoms with Gasteiger partial charge in [0, 0.05) is 10.7 Å². The summed E-state index contributed by atoms with van der Waals surface area (Å²) in [6, 6.07) is 16.3. The van der Waals surface area contributed by atoms with Gasteiger partial charge in [-0.05, 0) is 37.6 Å². The van der Waals surface area contributed by atoms with Crippen molar-refractivity contribution in [2.75, 3.05) is 6.61 Å². The molecular formula is C21H22ClN3O3. The van der Waals surface area contributed by atoms with Crippen LogP contribution < -0.4 is 11.1 Å². The Bertz CT molecular complexity index is 904. The fraction of sp³-hybridized carbons (Fsp3) is 0.190. The van der Waals surface area contributed by atoms with Crippen LogP contribution in [0.2, 0.25) is 5.02 Å². The average Bonchev–Trinajstić information content (AvgIpc) is 2.66. The summed E-state index contributed by atoms with van der Waals surface area (Å²) >= 11 is 6.02. The number of benzene rings is 2. The third-order valence-corrected chi connectivity index (χ3v) is 4.10. The number of esters is 1. The molecule has 0 aromatic heterocycles. The molecule has 0 bridgehead atoms. The Labute approximate surface area is 169 Å². The first-order chi connectivity index (χ1) is 13.4. The van der Waals surface area contributed by atoms with Gasteiger partial charge in [-0.2, -0.15) is 0 Å². The number of allylic oxidation sites excluding steroid dienone is 2. The molecule has 0 unspecified atom stereocenters. The van der Waals surface area contributed by atoms with Crippen molar-refractivity contribution in [3.8, 4) is 0 Å². The van der Waals surface area contributed by atoms with Crippen molar-refractivity contribution in [3.05, 3.63) is 76.6 Å². The van der Waals surface area contributed by atoms with Crippen LogP contribution in [0.1, 0.15) is 19.4 Å². The molecule has 3 N–H and O–H groups in total.